The van der Waals surface area contributed by atoms with Crippen molar-refractivity contribution in [3.63, 3.8) is 0 Å². The van der Waals surface area contributed by atoms with E-state index in [1.165, 1.54) is 16.8 Å². The van der Waals surface area contributed by atoms with Gasteiger partial charge in [-0.3, -0.25) is 9.59 Å². The Bertz CT molecular complexity index is 1370. The fourth-order valence-corrected chi connectivity index (χ4v) is 3.87. The van der Waals surface area contributed by atoms with Crippen LogP contribution in [0.15, 0.2) is 54.9 Å². The van der Waals surface area contributed by atoms with Crippen LogP contribution in [0.25, 0.3) is 16.7 Å². The van der Waals surface area contributed by atoms with E-state index >= 15 is 0 Å². The Kier molecular flexibility index (Phi) is 6.23. The number of para-hydroxylation sites is 2. The Balaban J connectivity index is 1.42. The van der Waals surface area contributed by atoms with Gasteiger partial charge in [0.15, 0.2) is 0 Å². The first-order valence-electron chi connectivity index (χ1n) is 10.6. The zero-order chi connectivity index (χ0) is 24.5. The second-order valence-electron chi connectivity index (χ2n) is 7.87. The van der Waals surface area contributed by atoms with Crippen molar-refractivity contribution in [2.75, 3.05) is 6.54 Å². The normalized spacial score (nSPS) is 11.7. The minimum atomic E-state index is -4.51. The summed E-state index contributed by atoms with van der Waals surface area (Å²) in [4.78, 5) is 29.6. The fraction of sp³-hybridized carbons (Fsp3) is 0.250. The molecule has 0 bridgehead atoms. The third kappa shape index (κ3) is 4.57. The molecule has 0 atom stereocenters. The minimum absolute atomic E-state index is 0.0792. The van der Waals surface area contributed by atoms with Crippen LogP contribution >= 0.6 is 0 Å². The number of rotatable bonds is 7. The number of alkyl halides is 3. The lowest BCUT2D eigenvalue weighted by atomic mass is 10.1. The number of aryl methyl sites for hydroxylation is 2. The molecule has 0 spiro atoms. The maximum atomic E-state index is 13.1. The zero-order valence-corrected chi connectivity index (χ0v) is 18.6. The van der Waals surface area contributed by atoms with E-state index in [1.54, 1.807) is 20.2 Å². The van der Waals surface area contributed by atoms with Gasteiger partial charge >= 0.3 is 6.18 Å². The van der Waals surface area contributed by atoms with Gasteiger partial charge in [-0.05, 0) is 50.6 Å². The van der Waals surface area contributed by atoms with E-state index in [0.29, 0.717) is 18.7 Å². The van der Waals surface area contributed by atoms with Gasteiger partial charge in [0.25, 0.3) is 11.7 Å². The van der Waals surface area contributed by atoms with Gasteiger partial charge in [-0.1, -0.05) is 18.2 Å². The standard InChI is InChI=1S/C24H22F3N5O2/c1-15-21(16(2)32(30-15)18-8-5-7-17(13-18)24(25,26)27)22(33)23(34)28-11-6-12-31-14-29-19-9-3-4-10-20(19)31/h3-5,7-10,13-14H,6,11-12H2,1-2H3,(H,28,34). The molecule has 4 rings (SSSR count). The number of nitrogens with zero attached hydrogens (tertiary/aromatic N) is 4. The molecule has 0 aliphatic rings. The molecular weight excluding hydrogens is 447 g/mol. The third-order valence-corrected chi connectivity index (χ3v) is 5.53. The van der Waals surface area contributed by atoms with Crippen molar-refractivity contribution < 1.29 is 22.8 Å². The summed E-state index contributed by atoms with van der Waals surface area (Å²) in [5.41, 5.74) is 1.83. The largest absolute Gasteiger partial charge is 0.416 e. The Hall–Kier alpha value is -3.95. The van der Waals surface area contributed by atoms with Crippen LogP contribution in [-0.2, 0) is 17.5 Å². The molecule has 10 heteroatoms. The van der Waals surface area contributed by atoms with Crippen LogP contribution in [0.4, 0.5) is 13.2 Å². The number of nitrogens with one attached hydrogen (secondary N) is 1. The molecule has 34 heavy (non-hydrogen) atoms. The molecule has 176 valence electrons. The molecule has 0 fully saturated rings. The summed E-state index contributed by atoms with van der Waals surface area (Å²) in [7, 11) is 0. The average molecular weight is 469 g/mol. The second kappa shape index (κ2) is 9.12. The predicted octanol–water partition coefficient (Wildman–Crippen LogP) is 4.25. The van der Waals surface area contributed by atoms with Gasteiger partial charge in [-0.25, -0.2) is 9.67 Å². The Labute approximate surface area is 193 Å². The van der Waals surface area contributed by atoms with Crippen LogP contribution < -0.4 is 5.32 Å². The number of hydrogen-bond donors (Lipinski definition) is 1. The smallest absolute Gasteiger partial charge is 0.349 e. The molecule has 0 aliphatic carbocycles. The topological polar surface area (TPSA) is 81.8 Å². The van der Waals surface area contributed by atoms with Gasteiger partial charge in [0.2, 0.25) is 0 Å². The number of hydrogen-bond acceptors (Lipinski definition) is 4. The van der Waals surface area contributed by atoms with E-state index in [0.717, 1.165) is 23.2 Å². The summed E-state index contributed by atoms with van der Waals surface area (Å²) in [5.74, 6) is -1.56. The third-order valence-electron chi connectivity index (χ3n) is 5.53. The Morgan fingerprint density at radius 1 is 1.06 bits per heavy atom. The molecule has 4 aromatic rings. The molecule has 1 amide bonds. The summed E-state index contributed by atoms with van der Waals surface area (Å²) >= 11 is 0. The van der Waals surface area contributed by atoms with Crippen LogP contribution in [0.3, 0.4) is 0 Å². The minimum Gasteiger partial charge on any atom is -0.349 e. The summed E-state index contributed by atoms with van der Waals surface area (Å²) < 4.78 is 42.4. The number of fused-ring (bicyclic) bond motifs is 1. The van der Waals surface area contributed by atoms with Crippen LogP contribution in [0.2, 0.25) is 0 Å². The van der Waals surface area contributed by atoms with Gasteiger partial charge in [0.1, 0.15) is 0 Å². The number of halogens is 3. The van der Waals surface area contributed by atoms with Crippen molar-refractivity contribution in [3.8, 4) is 5.69 Å². The predicted molar refractivity (Wildman–Crippen MR) is 120 cm³/mol. The number of ketones is 1. The molecule has 1 N–H and O–H groups in total. The number of imidazole rings is 1. The highest BCUT2D eigenvalue weighted by Gasteiger charge is 2.31. The van der Waals surface area contributed by atoms with Crippen molar-refractivity contribution in [2.45, 2.75) is 33.0 Å². The number of amides is 1. The molecule has 0 saturated carbocycles. The number of aromatic nitrogens is 4. The summed E-state index contributed by atoms with van der Waals surface area (Å²) in [6.45, 7) is 3.98. The molecule has 2 heterocycles. The van der Waals surface area contributed by atoms with Gasteiger partial charge < -0.3 is 9.88 Å². The highest BCUT2D eigenvalue weighted by molar-refractivity contribution is 6.43. The molecule has 2 aromatic carbocycles. The maximum Gasteiger partial charge on any atom is 0.416 e. The molecule has 7 nitrogen and oxygen atoms in total. The number of benzene rings is 2. The molecular formula is C24H22F3N5O2. The van der Waals surface area contributed by atoms with Crippen molar-refractivity contribution in [1.29, 1.82) is 0 Å². The van der Waals surface area contributed by atoms with E-state index in [4.69, 9.17) is 0 Å². The number of carbonyl (C=O) groups excluding carboxylic acids is 2. The molecule has 0 saturated heterocycles. The lowest BCUT2D eigenvalue weighted by Gasteiger charge is -2.10. The van der Waals surface area contributed by atoms with Crippen molar-refractivity contribution in [3.05, 3.63) is 77.4 Å². The van der Waals surface area contributed by atoms with E-state index in [1.807, 2.05) is 28.8 Å². The van der Waals surface area contributed by atoms with Crippen LogP contribution in [0.5, 0.6) is 0 Å². The highest BCUT2D eigenvalue weighted by Crippen LogP contribution is 2.31. The Morgan fingerprint density at radius 3 is 2.59 bits per heavy atom. The zero-order valence-electron chi connectivity index (χ0n) is 18.6. The lowest BCUT2D eigenvalue weighted by Crippen LogP contribution is -2.32. The maximum absolute atomic E-state index is 13.1. The second-order valence-corrected chi connectivity index (χ2v) is 7.87. The van der Waals surface area contributed by atoms with E-state index < -0.39 is 23.4 Å². The van der Waals surface area contributed by atoms with Gasteiger partial charge in [0.05, 0.1) is 45.6 Å². The first kappa shape index (κ1) is 23.2. The van der Waals surface area contributed by atoms with Crippen LogP contribution in [0, 0.1) is 13.8 Å². The van der Waals surface area contributed by atoms with Crippen molar-refractivity contribution in [2.24, 2.45) is 0 Å². The molecule has 0 aliphatic heterocycles. The van der Waals surface area contributed by atoms with E-state index in [9.17, 15) is 22.8 Å². The SMILES string of the molecule is Cc1nn(-c2cccc(C(F)(F)F)c2)c(C)c1C(=O)C(=O)NCCCn1cnc2ccccc21. The Morgan fingerprint density at radius 2 is 1.82 bits per heavy atom. The first-order chi connectivity index (χ1) is 16.2. The summed E-state index contributed by atoms with van der Waals surface area (Å²) in [6, 6.07) is 12.3. The van der Waals surface area contributed by atoms with Gasteiger partial charge in [-0.15, -0.1) is 0 Å². The fourth-order valence-electron chi connectivity index (χ4n) is 3.87. The van der Waals surface area contributed by atoms with Crippen molar-refractivity contribution >= 4 is 22.7 Å². The average Bonchev–Trinajstić information content (AvgIpc) is 3.35. The number of carbonyl (C=O) groups is 2. The molecule has 0 radical (unpaired) electrons. The highest BCUT2D eigenvalue weighted by atomic mass is 19.4. The van der Waals surface area contributed by atoms with E-state index in [-0.39, 0.29) is 23.5 Å². The first-order valence-corrected chi connectivity index (χ1v) is 10.6. The monoisotopic (exact) mass is 469 g/mol. The van der Waals surface area contributed by atoms with Crippen LogP contribution in [0.1, 0.15) is 33.7 Å². The van der Waals surface area contributed by atoms with E-state index in [2.05, 4.69) is 15.4 Å². The summed E-state index contributed by atoms with van der Waals surface area (Å²) in [5, 5.41) is 6.82. The quantitative estimate of drug-likeness (QED) is 0.249. The van der Waals surface area contributed by atoms with Gasteiger partial charge in [-0.2, -0.15) is 18.3 Å². The molecule has 2 aromatic heterocycles. The molecule has 0 unspecified atom stereocenters. The van der Waals surface area contributed by atoms with Gasteiger partial charge in [0, 0.05) is 13.1 Å². The van der Waals surface area contributed by atoms with Crippen LogP contribution in [-0.4, -0.2) is 37.6 Å². The van der Waals surface area contributed by atoms with Crippen molar-refractivity contribution in [1.82, 2.24) is 24.6 Å². The summed E-state index contributed by atoms with van der Waals surface area (Å²) in [6.07, 6.45) is -2.19. The number of Topliss-reactive ketones (excluding diaryl/α,β-unsaturated/α-hetero) is 1. The lowest BCUT2D eigenvalue weighted by molar-refractivity contribution is -0.137.